The minimum atomic E-state index is -3.73. The summed E-state index contributed by atoms with van der Waals surface area (Å²) in [6.45, 7) is 1.87. The maximum atomic E-state index is 13.7. The van der Waals surface area contributed by atoms with E-state index in [0.717, 1.165) is 22.7 Å². The van der Waals surface area contributed by atoms with Crippen LogP contribution in [-0.4, -0.2) is 55.2 Å². The first-order valence-electron chi connectivity index (χ1n) is 9.81. The van der Waals surface area contributed by atoms with Gasteiger partial charge in [0.05, 0.1) is 6.26 Å². The molecule has 10 nitrogen and oxygen atoms in total. The van der Waals surface area contributed by atoms with Gasteiger partial charge in [-0.15, -0.1) is 0 Å². The van der Waals surface area contributed by atoms with Crippen molar-refractivity contribution in [2.75, 3.05) is 24.2 Å². The summed E-state index contributed by atoms with van der Waals surface area (Å²) in [7, 11) is -2.47. The first-order valence-corrected chi connectivity index (χ1v) is 11.7. The van der Waals surface area contributed by atoms with Gasteiger partial charge >= 0.3 is 0 Å². The molecular formula is C21H22FN5O5S. The summed E-state index contributed by atoms with van der Waals surface area (Å²) in [6, 6.07) is 6.63. The number of aromatic nitrogens is 2. The second-order valence-corrected chi connectivity index (χ2v) is 9.12. The molecule has 0 saturated heterocycles. The van der Waals surface area contributed by atoms with Gasteiger partial charge in [0.1, 0.15) is 11.3 Å². The van der Waals surface area contributed by atoms with Gasteiger partial charge in [-0.25, -0.2) is 17.8 Å². The molecule has 2 aromatic heterocycles. The van der Waals surface area contributed by atoms with Crippen molar-refractivity contribution in [2.45, 2.75) is 13.5 Å². The standard InChI is InChI=1S/C21H22FN5O5S/c1-4-23-20(29)15-10-13(22)8-7-12(15)11-25-21(30)17-18(28)16-14(6-5-9-24-16)19(26-17)27(2)33(3,31)32/h5-10,28H,4,11H2,1-3H3,(H,23,29)(H,25,30). The van der Waals surface area contributed by atoms with Gasteiger partial charge < -0.3 is 15.7 Å². The Morgan fingerprint density at radius 2 is 1.91 bits per heavy atom. The molecule has 0 bridgehead atoms. The number of halogens is 1. The summed E-state index contributed by atoms with van der Waals surface area (Å²) >= 11 is 0. The first kappa shape index (κ1) is 23.9. The second kappa shape index (κ2) is 9.36. The predicted molar refractivity (Wildman–Crippen MR) is 120 cm³/mol. The summed E-state index contributed by atoms with van der Waals surface area (Å²) in [5, 5.41) is 15.9. The number of carbonyl (C=O) groups excluding carboxylic acids is 2. The fourth-order valence-electron chi connectivity index (χ4n) is 3.09. The van der Waals surface area contributed by atoms with Crippen LogP contribution in [0.3, 0.4) is 0 Å². The van der Waals surface area contributed by atoms with E-state index in [1.165, 1.54) is 25.4 Å². The number of aromatic hydroxyl groups is 1. The molecule has 3 rings (SSSR count). The van der Waals surface area contributed by atoms with Gasteiger partial charge in [-0.3, -0.25) is 18.9 Å². The van der Waals surface area contributed by atoms with Crippen LogP contribution >= 0.6 is 0 Å². The Morgan fingerprint density at radius 3 is 2.58 bits per heavy atom. The van der Waals surface area contributed by atoms with Crippen LogP contribution in [0.1, 0.15) is 33.3 Å². The highest BCUT2D eigenvalue weighted by atomic mass is 32.2. The van der Waals surface area contributed by atoms with Crippen molar-refractivity contribution in [2.24, 2.45) is 0 Å². The zero-order valence-corrected chi connectivity index (χ0v) is 18.9. The number of benzene rings is 1. The van der Waals surface area contributed by atoms with Crippen LogP contribution in [0.2, 0.25) is 0 Å². The number of fused-ring (bicyclic) bond motifs is 1. The average molecular weight is 476 g/mol. The Bertz CT molecular complexity index is 1350. The molecule has 0 aliphatic carbocycles. The molecule has 2 heterocycles. The molecule has 33 heavy (non-hydrogen) atoms. The lowest BCUT2D eigenvalue weighted by Crippen LogP contribution is -2.30. The molecule has 2 amide bonds. The second-order valence-electron chi connectivity index (χ2n) is 7.11. The summed E-state index contributed by atoms with van der Waals surface area (Å²) < 4.78 is 38.7. The Hall–Kier alpha value is -3.80. The summed E-state index contributed by atoms with van der Waals surface area (Å²) in [4.78, 5) is 33.2. The Balaban J connectivity index is 1.99. The van der Waals surface area contributed by atoms with E-state index in [4.69, 9.17) is 0 Å². The van der Waals surface area contributed by atoms with Crippen molar-refractivity contribution in [1.29, 1.82) is 0 Å². The highest BCUT2D eigenvalue weighted by Crippen LogP contribution is 2.32. The van der Waals surface area contributed by atoms with Crippen molar-refractivity contribution in [3.8, 4) is 5.75 Å². The van der Waals surface area contributed by atoms with Crippen LogP contribution in [-0.2, 0) is 16.6 Å². The molecule has 1 aromatic carbocycles. The van der Waals surface area contributed by atoms with E-state index in [0.29, 0.717) is 12.1 Å². The number of hydrogen-bond donors (Lipinski definition) is 3. The zero-order chi connectivity index (χ0) is 24.3. The Morgan fingerprint density at radius 1 is 1.18 bits per heavy atom. The van der Waals surface area contributed by atoms with E-state index in [1.54, 1.807) is 13.0 Å². The van der Waals surface area contributed by atoms with E-state index in [9.17, 15) is 27.5 Å². The molecule has 0 aliphatic rings. The quantitative estimate of drug-likeness (QED) is 0.471. The van der Waals surface area contributed by atoms with E-state index in [-0.39, 0.29) is 28.8 Å². The molecule has 0 spiro atoms. The summed E-state index contributed by atoms with van der Waals surface area (Å²) in [6.07, 6.45) is 2.35. The van der Waals surface area contributed by atoms with Crippen LogP contribution in [0.5, 0.6) is 5.75 Å². The Labute approximate surface area is 189 Å². The zero-order valence-electron chi connectivity index (χ0n) is 18.1. The highest BCUT2D eigenvalue weighted by molar-refractivity contribution is 7.92. The van der Waals surface area contributed by atoms with Crippen molar-refractivity contribution < 1.29 is 27.5 Å². The molecule has 0 aliphatic heterocycles. The van der Waals surface area contributed by atoms with E-state index in [1.807, 2.05) is 0 Å². The number of hydrogen-bond acceptors (Lipinski definition) is 7. The molecule has 12 heteroatoms. The van der Waals surface area contributed by atoms with Crippen LogP contribution < -0.4 is 14.9 Å². The van der Waals surface area contributed by atoms with Crippen molar-refractivity contribution in [3.63, 3.8) is 0 Å². The fraction of sp³-hybridized carbons (Fsp3) is 0.238. The smallest absolute Gasteiger partial charge is 0.274 e. The van der Waals surface area contributed by atoms with Gasteiger partial charge in [-0.2, -0.15) is 0 Å². The third-order valence-electron chi connectivity index (χ3n) is 4.82. The lowest BCUT2D eigenvalue weighted by Gasteiger charge is -2.19. The molecule has 3 N–H and O–H groups in total. The first-order chi connectivity index (χ1) is 15.5. The SMILES string of the molecule is CCNC(=O)c1cc(F)ccc1CNC(=O)c1nc(N(C)S(C)(=O)=O)c2cccnc2c1O. The molecule has 0 fully saturated rings. The van der Waals surface area contributed by atoms with Gasteiger partial charge in [0, 0.05) is 37.3 Å². The van der Waals surface area contributed by atoms with Crippen LogP contribution in [0.4, 0.5) is 10.2 Å². The topological polar surface area (TPSA) is 142 Å². The molecule has 174 valence electrons. The number of rotatable bonds is 7. The normalized spacial score (nSPS) is 11.3. The van der Waals surface area contributed by atoms with E-state index >= 15 is 0 Å². The third-order valence-corrected chi connectivity index (χ3v) is 5.99. The van der Waals surface area contributed by atoms with Gasteiger partial charge in [-0.05, 0) is 36.8 Å². The van der Waals surface area contributed by atoms with Crippen molar-refractivity contribution in [1.82, 2.24) is 20.6 Å². The number of sulfonamides is 1. The number of carbonyl (C=O) groups is 2. The predicted octanol–water partition coefficient (Wildman–Crippen LogP) is 1.55. The molecular weight excluding hydrogens is 453 g/mol. The van der Waals surface area contributed by atoms with Crippen LogP contribution in [0, 0.1) is 5.82 Å². The number of nitrogens with zero attached hydrogens (tertiary/aromatic N) is 3. The minimum absolute atomic E-state index is 0.00653. The summed E-state index contributed by atoms with van der Waals surface area (Å²) in [5.74, 6) is -2.58. The lowest BCUT2D eigenvalue weighted by molar-refractivity contribution is 0.0931. The van der Waals surface area contributed by atoms with E-state index < -0.39 is 39.1 Å². The monoisotopic (exact) mass is 475 g/mol. The molecule has 0 radical (unpaired) electrons. The molecule has 0 atom stereocenters. The molecule has 0 unspecified atom stereocenters. The maximum absolute atomic E-state index is 13.7. The number of anilines is 1. The fourth-order valence-corrected chi connectivity index (χ4v) is 3.54. The lowest BCUT2D eigenvalue weighted by atomic mass is 10.1. The third kappa shape index (κ3) is 5.00. The molecule has 3 aromatic rings. The van der Waals surface area contributed by atoms with Gasteiger partial charge in [0.25, 0.3) is 11.8 Å². The van der Waals surface area contributed by atoms with Crippen LogP contribution in [0.15, 0.2) is 36.5 Å². The van der Waals surface area contributed by atoms with Gasteiger partial charge in [0.2, 0.25) is 10.0 Å². The average Bonchev–Trinajstić information content (AvgIpc) is 2.77. The van der Waals surface area contributed by atoms with Gasteiger partial charge in [0.15, 0.2) is 17.3 Å². The van der Waals surface area contributed by atoms with Crippen molar-refractivity contribution in [3.05, 3.63) is 59.2 Å². The van der Waals surface area contributed by atoms with E-state index in [2.05, 4.69) is 20.6 Å². The summed E-state index contributed by atoms with van der Waals surface area (Å²) in [5.41, 5.74) is -0.0732. The molecule has 0 saturated carbocycles. The van der Waals surface area contributed by atoms with Gasteiger partial charge in [-0.1, -0.05) is 6.07 Å². The Kier molecular flexibility index (Phi) is 6.77. The maximum Gasteiger partial charge on any atom is 0.274 e. The van der Waals surface area contributed by atoms with Crippen molar-refractivity contribution >= 4 is 38.6 Å². The minimum Gasteiger partial charge on any atom is -0.504 e. The van der Waals surface area contributed by atoms with Crippen LogP contribution in [0.25, 0.3) is 10.9 Å². The highest BCUT2D eigenvalue weighted by Gasteiger charge is 2.25. The number of amides is 2. The number of nitrogens with one attached hydrogen (secondary N) is 2. The number of pyridine rings is 2. The largest absolute Gasteiger partial charge is 0.504 e.